The fourth-order valence-corrected chi connectivity index (χ4v) is 4.28. The summed E-state index contributed by atoms with van der Waals surface area (Å²) in [5.41, 5.74) is 2.71. The summed E-state index contributed by atoms with van der Waals surface area (Å²) < 4.78 is 0. The van der Waals surface area contributed by atoms with Crippen molar-refractivity contribution < 1.29 is 14.7 Å². The summed E-state index contributed by atoms with van der Waals surface area (Å²) in [6, 6.07) is 8.63. The van der Waals surface area contributed by atoms with Gasteiger partial charge in [0.2, 0.25) is 5.91 Å². The van der Waals surface area contributed by atoms with Gasteiger partial charge in [-0.1, -0.05) is 24.3 Å². The molecule has 4 rings (SSSR count). The molecule has 0 aliphatic heterocycles. The first-order chi connectivity index (χ1) is 10.6. The van der Waals surface area contributed by atoms with E-state index in [-0.39, 0.29) is 29.8 Å². The maximum absolute atomic E-state index is 12.9. The van der Waals surface area contributed by atoms with Crippen LogP contribution in [-0.2, 0) is 21.4 Å². The highest BCUT2D eigenvalue weighted by Crippen LogP contribution is 2.61. The fourth-order valence-electron chi connectivity index (χ4n) is 4.28. The maximum Gasteiger partial charge on any atom is 0.323 e. The molecule has 0 aromatic heterocycles. The summed E-state index contributed by atoms with van der Waals surface area (Å²) >= 11 is 0. The van der Waals surface area contributed by atoms with Crippen LogP contribution in [0.4, 0.5) is 0 Å². The van der Waals surface area contributed by atoms with E-state index < -0.39 is 5.97 Å². The molecule has 1 aromatic carbocycles. The number of carboxylic acid groups (broad SMARTS) is 1. The highest BCUT2D eigenvalue weighted by atomic mass is 16.4. The summed E-state index contributed by atoms with van der Waals surface area (Å²) in [5, 5.41) is 9.08. The van der Waals surface area contributed by atoms with Gasteiger partial charge in [0.25, 0.3) is 0 Å². The van der Waals surface area contributed by atoms with Gasteiger partial charge in [-0.15, -0.1) is 0 Å². The van der Waals surface area contributed by atoms with Gasteiger partial charge in [-0.3, -0.25) is 9.59 Å². The smallest absolute Gasteiger partial charge is 0.323 e. The Morgan fingerprint density at radius 3 is 2.77 bits per heavy atom. The molecule has 4 heteroatoms. The van der Waals surface area contributed by atoms with Gasteiger partial charge in [0.05, 0.1) is 0 Å². The molecule has 0 saturated heterocycles. The predicted octanol–water partition coefficient (Wildman–Crippen LogP) is 2.36. The zero-order valence-electron chi connectivity index (χ0n) is 12.6. The number of carboxylic acids is 1. The minimum Gasteiger partial charge on any atom is -0.480 e. The first-order valence-electron chi connectivity index (χ1n) is 8.22. The zero-order valence-corrected chi connectivity index (χ0v) is 12.6. The molecule has 4 nitrogen and oxygen atoms in total. The Bertz CT molecular complexity index is 637. The van der Waals surface area contributed by atoms with Crippen LogP contribution in [0.2, 0.25) is 0 Å². The van der Waals surface area contributed by atoms with Crippen molar-refractivity contribution in [1.82, 2.24) is 4.90 Å². The molecule has 116 valence electrons. The lowest BCUT2D eigenvalue weighted by atomic mass is 9.78. The number of fused-ring (bicyclic) bond motifs is 2. The number of aliphatic carboxylic acids is 1. The molecule has 2 atom stereocenters. The minimum absolute atomic E-state index is 0.00241. The molecule has 1 aromatic rings. The Kier molecular flexibility index (Phi) is 3.03. The topological polar surface area (TPSA) is 57.6 Å². The molecule has 22 heavy (non-hydrogen) atoms. The number of aryl methyl sites for hydroxylation is 1. The van der Waals surface area contributed by atoms with Crippen molar-refractivity contribution in [2.75, 3.05) is 6.54 Å². The quantitative estimate of drug-likeness (QED) is 0.928. The van der Waals surface area contributed by atoms with Crippen LogP contribution in [0, 0.1) is 5.92 Å². The predicted molar refractivity (Wildman–Crippen MR) is 81.5 cm³/mol. The van der Waals surface area contributed by atoms with E-state index in [0.717, 1.165) is 38.5 Å². The Labute approximate surface area is 130 Å². The summed E-state index contributed by atoms with van der Waals surface area (Å²) in [7, 11) is 0. The molecule has 2 unspecified atom stereocenters. The van der Waals surface area contributed by atoms with E-state index in [1.165, 1.54) is 11.1 Å². The van der Waals surface area contributed by atoms with Gasteiger partial charge < -0.3 is 10.0 Å². The number of benzene rings is 1. The third-order valence-electron chi connectivity index (χ3n) is 5.57. The Morgan fingerprint density at radius 1 is 1.27 bits per heavy atom. The SMILES string of the molecule is O=C(O)CN(C(=O)C1CC12CCCc1ccccc12)C1CC1. The molecule has 1 N–H and O–H groups in total. The highest BCUT2D eigenvalue weighted by molar-refractivity contribution is 5.88. The first kappa shape index (κ1) is 13.8. The van der Waals surface area contributed by atoms with Crippen molar-refractivity contribution >= 4 is 11.9 Å². The van der Waals surface area contributed by atoms with E-state index in [1.54, 1.807) is 4.90 Å². The molecule has 0 radical (unpaired) electrons. The second-order valence-corrected chi connectivity index (χ2v) is 7.01. The lowest BCUT2D eigenvalue weighted by Crippen LogP contribution is -2.40. The largest absolute Gasteiger partial charge is 0.480 e. The van der Waals surface area contributed by atoms with Crippen LogP contribution in [0.15, 0.2) is 24.3 Å². The molecule has 3 aliphatic rings. The van der Waals surface area contributed by atoms with E-state index in [1.807, 2.05) is 0 Å². The van der Waals surface area contributed by atoms with Crippen molar-refractivity contribution in [2.24, 2.45) is 5.92 Å². The van der Waals surface area contributed by atoms with Crippen molar-refractivity contribution in [1.29, 1.82) is 0 Å². The molecule has 2 fully saturated rings. The van der Waals surface area contributed by atoms with Crippen LogP contribution in [0.1, 0.15) is 43.2 Å². The number of hydrogen-bond acceptors (Lipinski definition) is 2. The summed E-state index contributed by atoms with van der Waals surface area (Å²) in [5.74, 6) is -0.838. The minimum atomic E-state index is -0.904. The number of nitrogens with zero attached hydrogens (tertiary/aromatic N) is 1. The number of amides is 1. The molecule has 1 spiro atoms. The first-order valence-corrected chi connectivity index (χ1v) is 8.22. The van der Waals surface area contributed by atoms with Crippen LogP contribution >= 0.6 is 0 Å². The molecule has 0 heterocycles. The lowest BCUT2D eigenvalue weighted by molar-refractivity contribution is -0.145. The maximum atomic E-state index is 12.9. The fraction of sp³-hybridized carbons (Fsp3) is 0.556. The average molecular weight is 299 g/mol. The average Bonchev–Trinajstić information content (AvgIpc) is 3.40. The summed E-state index contributed by atoms with van der Waals surface area (Å²) in [6.07, 6.45) is 6.09. The van der Waals surface area contributed by atoms with Crippen molar-refractivity contribution in [3.63, 3.8) is 0 Å². The van der Waals surface area contributed by atoms with Crippen molar-refractivity contribution in [2.45, 2.75) is 50.0 Å². The Hall–Kier alpha value is -1.84. The van der Waals surface area contributed by atoms with E-state index in [2.05, 4.69) is 24.3 Å². The van der Waals surface area contributed by atoms with E-state index >= 15 is 0 Å². The van der Waals surface area contributed by atoms with Gasteiger partial charge >= 0.3 is 5.97 Å². The van der Waals surface area contributed by atoms with Gasteiger partial charge in [0, 0.05) is 17.4 Å². The molecule has 2 saturated carbocycles. The number of hydrogen-bond donors (Lipinski definition) is 1. The molecule has 0 bridgehead atoms. The van der Waals surface area contributed by atoms with E-state index in [9.17, 15) is 9.59 Å². The third kappa shape index (κ3) is 2.13. The van der Waals surface area contributed by atoms with Gasteiger partial charge in [0.15, 0.2) is 0 Å². The van der Waals surface area contributed by atoms with Crippen LogP contribution < -0.4 is 0 Å². The van der Waals surface area contributed by atoms with Crippen LogP contribution in [-0.4, -0.2) is 34.5 Å². The van der Waals surface area contributed by atoms with Crippen molar-refractivity contribution in [3.8, 4) is 0 Å². The van der Waals surface area contributed by atoms with Gasteiger partial charge in [0.1, 0.15) is 6.54 Å². The molecular weight excluding hydrogens is 278 g/mol. The zero-order chi connectivity index (χ0) is 15.3. The number of carbonyl (C=O) groups is 2. The van der Waals surface area contributed by atoms with Crippen molar-refractivity contribution in [3.05, 3.63) is 35.4 Å². The molecular formula is C18H21NO3. The molecule has 3 aliphatic carbocycles. The normalized spacial score (nSPS) is 29.0. The van der Waals surface area contributed by atoms with Gasteiger partial charge in [-0.2, -0.15) is 0 Å². The van der Waals surface area contributed by atoms with Gasteiger partial charge in [-0.05, 0) is 49.7 Å². The van der Waals surface area contributed by atoms with Gasteiger partial charge in [-0.25, -0.2) is 0 Å². The monoisotopic (exact) mass is 299 g/mol. The highest BCUT2D eigenvalue weighted by Gasteiger charge is 2.61. The Morgan fingerprint density at radius 2 is 2.05 bits per heavy atom. The third-order valence-corrected chi connectivity index (χ3v) is 5.57. The van der Waals surface area contributed by atoms with Crippen LogP contribution in [0.25, 0.3) is 0 Å². The lowest BCUT2D eigenvalue weighted by Gasteiger charge is -2.28. The van der Waals surface area contributed by atoms with Crippen LogP contribution in [0.5, 0.6) is 0 Å². The number of rotatable bonds is 4. The number of carbonyl (C=O) groups excluding carboxylic acids is 1. The summed E-state index contributed by atoms with van der Waals surface area (Å²) in [4.78, 5) is 25.6. The second-order valence-electron chi connectivity index (χ2n) is 7.01. The standard InChI is InChI=1S/C18H21NO3/c20-16(21)11-19(13-7-8-13)17(22)15-10-18(15)9-3-5-12-4-1-2-6-14(12)18/h1-2,4,6,13,15H,3,5,7-11H2,(H,20,21). The van der Waals surface area contributed by atoms with E-state index in [0.29, 0.717) is 0 Å². The van der Waals surface area contributed by atoms with Crippen LogP contribution in [0.3, 0.4) is 0 Å². The van der Waals surface area contributed by atoms with E-state index in [4.69, 9.17) is 5.11 Å². The summed E-state index contributed by atoms with van der Waals surface area (Å²) in [6.45, 7) is -0.141. The molecule has 1 amide bonds. The second kappa shape index (κ2) is 4.83. The Balaban J connectivity index is 1.58.